The second-order valence-corrected chi connectivity index (χ2v) is 9.93. The summed E-state index contributed by atoms with van der Waals surface area (Å²) in [6, 6.07) is 8.67. The van der Waals surface area contributed by atoms with Crippen molar-refractivity contribution in [1.82, 2.24) is 24.7 Å². The molecule has 3 heterocycles. The SMILES string of the molecule is COCCn1cc(Nc2nc(N)nc(-c3cccc(N4CCc5cc(C6CC6)cc(F)c5C4=O)c3CO)n2)cn1. The molecule has 4 aromatic rings. The van der Waals surface area contributed by atoms with E-state index in [1.54, 1.807) is 42.4 Å². The molecule has 1 saturated carbocycles. The molecule has 1 fully saturated rings. The monoisotopic (exact) mass is 544 g/mol. The Morgan fingerprint density at radius 2 is 2.08 bits per heavy atom. The topological polar surface area (TPSA) is 144 Å². The summed E-state index contributed by atoms with van der Waals surface area (Å²) in [6.07, 6.45) is 6.04. The fourth-order valence-electron chi connectivity index (χ4n) is 5.11. The minimum Gasteiger partial charge on any atom is -0.392 e. The van der Waals surface area contributed by atoms with Gasteiger partial charge in [-0.1, -0.05) is 18.2 Å². The van der Waals surface area contributed by atoms with Gasteiger partial charge in [0.25, 0.3) is 5.91 Å². The average molecular weight is 545 g/mol. The lowest BCUT2D eigenvalue weighted by atomic mass is 9.93. The van der Waals surface area contributed by atoms with Gasteiger partial charge >= 0.3 is 0 Å². The number of carbonyl (C=O) groups excluding carboxylic acids is 1. The number of hydrogen-bond donors (Lipinski definition) is 3. The van der Waals surface area contributed by atoms with Gasteiger partial charge in [0, 0.05) is 31.0 Å². The molecule has 0 saturated heterocycles. The van der Waals surface area contributed by atoms with Gasteiger partial charge in [0.15, 0.2) is 5.82 Å². The first-order chi connectivity index (χ1) is 19.4. The lowest BCUT2D eigenvalue weighted by molar-refractivity contribution is 0.0976. The Bertz CT molecular complexity index is 1590. The van der Waals surface area contributed by atoms with Crippen LogP contribution in [0.15, 0.2) is 42.7 Å². The van der Waals surface area contributed by atoms with Crippen LogP contribution in [-0.2, 0) is 24.3 Å². The van der Waals surface area contributed by atoms with Crippen LogP contribution in [0.2, 0.25) is 0 Å². The largest absolute Gasteiger partial charge is 0.392 e. The van der Waals surface area contributed by atoms with Crippen LogP contribution in [0.25, 0.3) is 11.4 Å². The molecule has 1 aliphatic carbocycles. The average Bonchev–Trinajstić information content (AvgIpc) is 3.71. The van der Waals surface area contributed by atoms with Crippen molar-refractivity contribution < 1.29 is 19.0 Å². The maximum atomic E-state index is 15.2. The third-order valence-corrected chi connectivity index (χ3v) is 7.21. The van der Waals surface area contributed by atoms with Crippen LogP contribution >= 0.6 is 0 Å². The third kappa shape index (κ3) is 4.98. The van der Waals surface area contributed by atoms with Gasteiger partial charge in [-0.25, -0.2) is 4.39 Å². The van der Waals surface area contributed by atoms with Gasteiger partial charge in [-0.05, 0) is 48.4 Å². The molecule has 11 nitrogen and oxygen atoms in total. The number of amides is 1. The summed E-state index contributed by atoms with van der Waals surface area (Å²) in [4.78, 5) is 28.0. The van der Waals surface area contributed by atoms with E-state index < -0.39 is 18.3 Å². The van der Waals surface area contributed by atoms with Crippen LogP contribution in [0.4, 0.5) is 27.7 Å². The number of fused-ring (bicyclic) bond motifs is 1. The summed E-state index contributed by atoms with van der Waals surface area (Å²) >= 11 is 0. The van der Waals surface area contributed by atoms with Crippen LogP contribution in [0, 0.1) is 5.82 Å². The van der Waals surface area contributed by atoms with E-state index in [4.69, 9.17) is 10.5 Å². The van der Waals surface area contributed by atoms with E-state index in [9.17, 15) is 9.90 Å². The van der Waals surface area contributed by atoms with Gasteiger partial charge in [0.05, 0.1) is 42.9 Å². The van der Waals surface area contributed by atoms with Crippen LogP contribution in [0.1, 0.15) is 45.8 Å². The van der Waals surface area contributed by atoms with Crippen molar-refractivity contribution in [3.63, 3.8) is 0 Å². The first kappa shape index (κ1) is 25.8. The number of nitrogens with zero attached hydrogens (tertiary/aromatic N) is 6. The van der Waals surface area contributed by atoms with E-state index in [1.807, 2.05) is 6.07 Å². The zero-order chi connectivity index (χ0) is 27.8. The molecular weight excluding hydrogens is 515 g/mol. The Balaban J connectivity index is 1.31. The number of methoxy groups -OCH3 is 1. The lowest BCUT2D eigenvalue weighted by Crippen LogP contribution is -2.39. The highest BCUT2D eigenvalue weighted by atomic mass is 19.1. The highest BCUT2D eigenvalue weighted by Gasteiger charge is 2.33. The number of nitrogens with one attached hydrogen (secondary N) is 1. The van der Waals surface area contributed by atoms with E-state index in [0.29, 0.717) is 54.5 Å². The van der Waals surface area contributed by atoms with Crippen molar-refractivity contribution >= 4 is 29.2 Å². The summed E-state index contributed by atoms with van der Waals surface area (Å²) in [7, 11) is 1.62. The highest BCUT2D eigenvalue weighted by molar-refractivity contribution is 6.09. The smallest absolute Gasteiger partial charge is 0.261 e. The maximum Gasteiger partial charge on any atom is 0.261 e. The quantitative estimate of drug-likeness (QED) is 0.289. The fourth-order valence-corrected chi connectivity index (χ4v) is 5.11. The van der Waals surface area contributed by atoms with Gasteiger partial charge in [0.2, 0.25) is 11.9 Å². The molecule has 0 unspecified atom stereocenters. The Morgan fingerprint density at radius 1 is 1.23 bits per heavy atom. The predicted molar refractivity (Wildman–Crippen MR) is 147 cm³/mol. The molecule has 2 aromatic heterocycles. The third-order valence-electron chi connectivity index (χ3n) is 7.21. The Labute approximate surface area is 229 Å². The number of aliphatic hydroxyl groups is 1. The number of hydrogen-bond acceptors (Lipinski definition) is 9. The number of aromatic nitrogens is 5. The standard InChI is InChI=1S/C28H29FN8O3/c1-40-10-9-36-14-19(13-31-36)32-28-34-25(33-27(30)35-28)20-3-2-4-23(21(20)15-38)37-8-7-17-11-18(16-5-6-16)12-22(29)24(17)26(37)39/h2-4,11-14,16,38H,5-10,15H2,1H3,(H3,30,32,33,34,35). The molecule has 40 heavy (non-hydrogen) atoms. The zero-order valence-corrected chi connectivity index (χ0v) is 22.0. The van der Waals surface area contributed by atoms with Crippen LogP contribution in [0.3, 0.4) is 0 Å². The number of ether oxygens (including phenoxy) is 1. The predicted octanol–water partition coefficient (Wildman–Crippen LogP) is 3.42. The van der Waals surface area contributed by atoms with Gasteiger partial charge < -0.3 is 25.8 Å². The molecular formula is C28H29FN8O3. The van der Waals surface area contributed by atoms with Gasteiger partial charge in [-0.3, -0.25) is 9.48 Å². The minimum absolute atomic E-state index is 0.0231. The number of carbonyl (C=O) groups is 1. The number of nitrogens with two attached hydrogens (primary N) is 1. The minimum atomic E-state index is -0.498. The summed E-state index contributed by atoms with van der Waals surface area (Å²) in [5, 5.41) is 17.8. The van der Waals surface area contributed by atoms with E-state index >= 15 is 4.39 Å². The van der Waals surface area contributed by atoms with E-state index in [-0.39, 0.29) is 23.3 Å². The second-order valence-electron chi connectivity index (χ2n) is 9.93. The van der Waals surface area contributed by atoms with Gasteiger partial charge in [-0.15, -0.1) is 0 Å². The van der Waals surface area contributed by atoms with Crippen molar-refractivity contribution in [3.8, 4) is 11.4 Å². The van der Waals surface area contributed by atoms with Crippen molar-refractivity contribution in [2.45, 2.75) is 38.3 Å². The van der Waals surface area contributed by atoms with Crippen LogP contribution in [-0.4, -0.2) is 56.0 Å². The first-order valence-corrected chi connectivity index (χ1v) is 13.1. The van der Waals surface area contributed by atoms with Gasteiger partial charge in [-0.2, -0.15) is 20.1 Å². The fraction of sp³-hybridized carbons (Fsp3) is 0.321. The molecule has 2 aliphatic rings. The maximum absolute atomic E-state index is 15.2. The summed E-state index contributed by atoms with van der Waals surface area (Å²) in [5.74, 6) is -0.148. The van der Waals surface area contributed by atoms with Crippen LogP contribution < -0.4 is 16.0 Å². The van der Waals surface area contributed by atoms with Gasteiger partial charge in [0.1, 0.15) is 5.82 Å². The van der Waals surface area contributed by atoms with Crippen LogP contribution in [0.5, 0.6) is 0 Å². The Hall–Kier alpha value is -4.42. The summed E-state index contributed by atoms with van der Waals surface area (Å²) in [6.45, 7) is 1.06. The molecule has 0 radical (unpaired) electrons. The zero-order valence-electron chi connectivity index (χ0n) is 22.0. The number of anilines is 4. The molecule has 1 aliphatic heterocycles. The molecule has 4 N–H and O–H groups in total. The summed E-state index contributed by atoms with van der Waals surface area (Å²) in [5.41, 5.74) is 9.83. The number of nitrogen functional groups attached to an aromatic ring is 1. The van der Waals surface area contributed by atoms with Crippen molar-refractivity contribution in [1.29, 1.82) is 0 Å². The Kier molecular flexibility index (Phi) is 6.86. The van der Waals surface area contributed by atoms with E-state index in [2.05, 4.69) is 25.4 Å². The molecule has 0 bridgehead atoms. The normalized spacial score (nSPS) is 14.9. The van der Waals surface area contributed by atoms with E-state index in [0.717, 1.165) is 24.0 Å². The summed E-state index contributed by atoms with van der Waals surface area (Å²) < 4.78 is 22.0. The highest BCUT2D eigenvalue weighted by Crippen LogP contribution is 2.42. The first-order valence-electron chi connectivity index (χ1n) is 13.1. The number of benzene rings is 2. The van der Waals surface area contributed by atoms with Crippen molar-refractivity contribution in [2.24, 2.45) is 0 Å². The number of rotatable bonds is 9. The molecule has 206 valence electrons. The second kappa shape index (κ2) is 10.6. The van der Waals surface area contributed by atoms with Crippen molar-refractivity contribution in [2.75, 3.05) is 36.2 Å². The number of aliphatic hydroxyl groups excluding tert-OH is 1. The van der Waals surface area contributed by atoms with E-state index in [1.165, 1.54) is 11.0 Å². The molecule has 0 spiro atoms. The molecule has 1 amide bonds. The molecule has 6 rings (SSSR count). The lowest BCUT2D eigenvalue weighted by Gasteiger charge is -2.31. The Morgan fingerprint density at radius 3 is 2.85 bits per heavy atom. The number of halogens is 1. The molecule has 2 aromatic carbocycles. The molecule has 0 atom stereocenters. The molecule has 12 heteroatoms. The van der Waals surface area contributed by atoms with Crippen molar-refractivity contribution in [3.05, 3.63) is 70.8 Å².